The molecule has 0 amide bonds. The Morgan fingerprint density at radius 3 is 2.48 bits per heavy atom. The SMILES string of the molecule is CCNC(=NCc1ncc(-c2ccccc2)[nH]1)NCCCc1ccccc1. The van der Waals surface area contributed by atoms with Crippen molar-refractivity contribution < 1.29 is 0 Å². The van der Waals surface area contributed by atoms with Crippen LogP contribution >= 0.6 is 0 Å². The van der Waals surface area contributed by atoms with E-state index in [0.29, 0.717) is 6.54 Å². The predicted octanol–water partition coefficient (Wildman–Crippen LogP) is 3.76. The first-order valence-corrected chi connectivity index (χ1v) is 9.50. The quantitative estimate of drug-likeness (QED) is 0.325. The van der Waals surface area contributed by atoms with E-state index in [1.165, 1.54) is 5.56 Å². The van der Waals surface area contributed by atoms with Crippen molar-refractivity contribution in [1.82, 2.24) is 20.6 Å². The largest absolute Gasteiger partial charge is 0.357 e. The van der Waals surface area contributed by atoms with Crippen LogP contribution in [0.5, 0.6) is 0 Å². The number of hydrogen-bond acceptors (Lipinski definition) is 2. The average Bonchev–Trinajstić information content (AvgIpc) is 3.20. The first kappa shape index (κ1) is 18.7. The lowest BCUT2D eigenvalue weighted by Gasteiger charge is -2.11. The Morgan fingerprint density at radius 1 is 1.00 bits per heavy atom. The van der Waals surface area contributed by atoms with Gasteiger partial charge in [0.05, 0.1) is 11.9 Å². The van der Waals surface area contributed by atoms with E-state index in [-0.39, 0.29) is 0 Å². The van der Waals surface area contributed by atoms with Gasteiger partial charge in [-0.1, -0.05) is 60.7 Å². The summed E-state index contributed by atoms with van der Waals surface area (Å²) in [5.74, 6) is 1.68. The van der Waals surface area contributed by atoms with Crippen LogP contribution in [-0.4, -0.2) is 29.0 Å². The molecule has 1 aromatic heterocycles. The molecule has 0 unspecified atom stereocenters. The van der Waals surface area contributed by atoms with Gasteiger partial charge < -0.3 is 15.6 Å². The molecular weight excluding hydrogens is 334 g/mol. The Labute approximate surface area is 161 Å². The van der Waals surface area contributed by atoms with Crippen molar-refractivity contribution in [2.45, 2.75) is 26.3 Å². The van der Waals surface area contributed by atoms with E-state index < -0.39 is 0 Å². The van der Waals surface area contributed by atoms with Gasteiger partial charge in [-0.25, -0.2) is 9.98 Å². The van der Waals surface area contributed by atoms with Gasteiger partial charge in [-0.3, -0.25) is 0 Å². The van der Waals surface area contributed by atoms with Gasteiger partial charge in [-0.2, -0.15) is 0 Å². The predicted molar refractivity (Wildman–Crippen MR) is 112 cm³/mol. The number of rotatable bonds is 8. The topological polar surface area (TPSA) is 65.1 Å². The summed E-state index contributed by atoms with van der Waals surface area (Å²) in [4.78, 5) is 12.4. The highest BCUT2D eigenvalue weighted by Crippen LogP contribution is 2.16. The first-order chi connectivity index (χ1) is 13.3. The monoisotopic (exact) mass is 361 g/mol. The summed E-state index contributed by atoms with van der Waals surface area (Å²) in [6, 6.07) is 20.8. The molecule has 0 fully saturated rings. The molecule has 0 aliphatic heterocycles. The zero-order chi connectivity index (χ0) is 18.7. The highest BCUT2D eigenvalue weighted by molar-refractivity contribution is 5.79. The molecule has 3 aromatic rings. The number of aliphatic imine (C=N–C) groups is 1. The number of imidazole rings is 1. The molecule has 0 radical (unpaired) electrons. The van der Waals surface area contributed by atoms with Gasteiger partial charge in [0.2, 0.25) is 0 Å². The van der Waals surface area contributed by atoms with Crippen molar-refractivity contribution >= 4 is 5.96 Å². The number of aromatic amines is 1. The maximum absolute atomic E-state index is 4.64. The molecule has 27 heavy (non-hydrogen) atoms. The molecule has 0 atom stereocenters. The second-order valence-corrected chi connectivity index (χ2v) is 6.32. The molecule has 140 valence electrons. The molecule has 0 saturated carbocycles. The van der Waals surface area contributed by atoms with Crippen LogP contribution in [0, 0.1) is 0 Å². The van der Waals surface area contributed by atoms with E-state index in [2.05, 4.69) is 75.0 Å². The van der Waals surface area contributed by atoms with Crippen LogP contribution < -0.4 is 10.6 Å². The van der Waals surface area contributed by atoms with Crippen molar-refractivity contribution in [3.8, 4) is 11.3 Å². The molecule has 0 spiro atoms. The molecule has 3 N–H and O–H groups in total. The van der Waals surface area contributed by atoms with Gasteiger partial charge in [0.15, 0.2) is 5.96 Å². The maximum Gasteiger partial charge on any atom is 0.191 e. The van der Waals surface area contributed by atoms with Crippen molar-refractivity contribution in [2.24, 2.45) is 4.99 Å². The molecule has 0 aliphatic carbocycles. The van der Waals surface area contributed by atoms with Crippen LogP contribution in [0.15, 0.2) is 71.9 Å². The summed E-state index contributed by atoms with van der Waals surface area (Å²) in [5.41, 5.74) is 3.51. The van der Waals surface area contributed by atoms with Crippen molar-refractivity contribution in [3.63, 3.8) is 0 Å². The first-order valence-electron chi connectivity index (χ1n) is 9.50. The molecule has 0 saturated heterocycles. The van der Waals surface area contributed by atoms with Crippen LogP contribution in [0.25, 0.3) is 11.3 Å². The Kier molecular flexibility index (Phi) is 7.04. The van der Waals surface area contributed by atoms with Crippen LogP contribution in [-0.2, 0) is 13.0 Å². The number of hydrogen-bond donors (Lipinski definition) is 3. The number of guanidine groups is 1. The standard InChI is InChI=1S/C22H27N5/c1-2-23-22(24-15-9-12-18-10-5-3-6-11-18)26-17-21-25-16-20(27-21)19-13-7-4-8-14-19/h3-8,10-11,13-14,16H,2,9,12,15,17H2,1H3,(H,25,27)(H2,23,24,26). The van der Waals surface area contributed by atoms with Gasteiger partial charge in [-0.05, 0) is 30.9 Å². The fourth-order valence-electron chi connectivity index (χ4n) is 2.85. The fourth-order valence-corrected chi connectivity index (χ4v) is 2.85. The van der Waals surface area contributed by atoms with Gasteiger partial charge >= 0.3 is 0 Å². The fraction of sp³-hybridized carbons (Fsp3) is 0.273. The highest BCUT2D eigenvalue weighted by Gasteiger charge is 2.03. The van der Waals surface area contributed by atoms with E-state index >= 15 is 0 Å². The van der Waals surface area contributed by atoms with Gasteiger partial charge in [0.1, 0.15) is 12.4 Å². The van der Waals surface area contributed by atoms with Crippen LogP contribution in [0.3, 0.4) is 0 Å². The second kappa shape index (κ2) is 10.2. The van der Waals surface area contributed by atoms with Crippen LogP contribution in [0.1, 0.15) is 24.7 Å². The van der Waals surface area contributed by atoms with Crippen molar-refractivity contribution in [2.75, 3.05) is 13.1 Å². The van der Waals surface area contributed by atoms with Gasteiger partial charge in [-0.15, -0.1) is 0 Å². The smallest absolute Gasteiger partial charge is 0.191 e. The zero-order valence-electron chi connectivity index (χ0n) is 15.8. The van der Waals surface area contributed by atoms with Crippen molar-refractivity contribution in [1.29, 1.82) is 0 Å². The number of aromatic nitrogens is 2. The van der Waals surface area contributed by atoms with E-state index in [1.54, 1.807) is 0 Å². The Bertz CT molecular complexity index is 824. The van der Waals surface area contributed by atoms with Gasteiger partial charge in [0.25, 0.3) is 0 Å². The van der Waals surface area contributed by atoms with Crippen molar-refractivity contribution in [3.05, 3.63) is 78.2 Å². The third-order valence-corrected chi connectivity index (χ3v) is 4.22. The summed E-state index contributed by atoms with van der Waals surface area (Å²) in [5, 5.41) is 6.68. The third kappa shape index (κ3) is 5.99. The summed E-state index contributed by atoms with van der Waals surface area (Å²) in [7, 11) is 0. The van der Waals surface area contributed by atoms with E-state index in [1.807, 2.05) is 24.4 Å². The average molecular weight is 361 g/mol. The third-order valence-electron chi connectivity index (χ3n) is 4.22. The minimum Gasteiger partial charge on any atom is -0.357 e. The lowest BCUT2D eigenvalue weighted by molar-refractivity contribution is 0.741. The summed E-state index contributed by atoms with van der Waals surface area (Å²) in [6.07, 6.45) is 3.99. The summed E-state index contributed by atoms with van der Waals surface area (Å²) >= 11 is 0. The normalized spacial score (nSPS) is 11.4. The molecular formula is C22H27N5. The maximum atomic E-state index is 4.64. The number of aryl methyl sites for hydroxylation is 1. The Morgan fingerprint density at radius 2 is 1.74 bits per heavy atom. The number of nitrogens with one attached hydrogen (secondary N) is 3. The molecule has 1 heterocycles. The molecule has 5 heteroatoms. The Balaban J connectivity index is 1.50. The number of benzene rings is 2. The lowest BCUT2D eigenvalue weighted by atomic mass is 10.1. The molecule has 0 bridgehead atoms. The molecule has 2 aromatic carbocycles. The molecule has 0 aliphatic rings. The van der Waals surface area contributed by atoms with Crippen LogP contribution in [0.2, 0.25) is 0 Å². The van der Waals surface area contributed by atoms with E-state index in [4.69, 9.17) is 0 Å². The van der Waals surface area contributed by atoms with Crippen LogP contribution in [0.4, 0.5) is 0 Å². The zero-order valence-corrected chi connectivity index (χ0v) is 15.8. The summed E-state index contributed by atoms with van der Waals surface area (Å²) in [6.45, 7) is 4.30. The van der Waals surface area contributed by atoms with E-state index in [0.717, 1.165) is 49.0 Å². The number of nitrogens with zero attached hydrogens (tertiary/aromatic N) is 2. The molecule has 5 nitrogen and oxygen atoms in total. The molecule has 3 rings (SSSR count). The van der Waals surface area contributed by atoms with E-state index in [9.17, 15) is 0 Å². The Hall–Kier alpha value is -3.08. The lowest BCUT2D eigenvalue weighted by Crippen LogP contribution is -2.37. The highest BCUT2D eigenvalue weighted by atomic mass is 15.2. The second-order valence-electron chi connectivity index (χ2n) is 6.32. The number of H-pyrrole nitrogens is 1. The van der Waals surface area contributed by atoms with Gasteiger partial charge in [0, 0.05) is 13.1 Å². The minimum absolute atomic E-state index is 0.515. The minimum atomic E-state index is 0.515. The summed E-state index contributed by atoms with van der Waals surface area (Å²) < 4.78 is 0.